The number of para-hydroxylation sites is 1. The number of quaternary nitrogens is 1. The molecule has 3 nitrogen and oxygen atoms in total. The van der Waals surface area contributed by atoms with Crippen molar-refractivity contribution in [2.45, 2.75) is 65.3 Å². The van der Waals surface area contributed by atoms with Gasteiger partial charge < -0.3 is 9.80 Å². The van der Waals surface area contributed by atoms with Gasteiger partial charge in [-0.1, -0.05) is 54.1 Å². The fourth-order valence-corrected chi connectivity index (χ4v) is 4.98. The quantitative estimate of drug-likeness (QED) is 0.550. The minimum absolute atomic E-state index is 0. The molecule has 0 bridgehead atoms. The molecule has 1 N–H and O–H groups in total. The Morgan fingerprint density at radius 2 is 1.47 bits per heavy atom. The molecule has 0 atom stereocenters. The number of likely N-dealkylation sites (tertiary alicyclic amines) is 1. The van der Waals surface area contributed by atoms with Crippen molar-refractivity contribution < 1.29 is 42.0 Å². The van der Waals surface area contributed by atoms with E-state index < -0.39 is 0 Å². The Bertz CT molecular complexity index is 804. The topological polar surface area (TPSA) is 29.1 Å². The molecule has 0 unspecified atom stereocenters. The van der Waals surface area contributed by atoms with Crippen molar-refractivity contribution in [1.82, 2.24) is 0 Å². The van der Waals surface area contributed by atoms with Crippen molar-refractivity contribution in [1.29, 1.82) is 0 Å². The largest absolute Gasteiger partial charge is 0.320 e. The number of likely N-dealkylation sites (N-methyl/N-ethyl adjacent to an activating group) is 1. The molecule has 2 aromatic rings. The predicted molar refractivity (Wildman–Crippen MR) is 122 cm³/mol. The zero-order chi connectivity index (χ0) is 20.9. The SMILES string of the molecule is CC[N+]1(C2(C(=O)Nc3c(C)cccc3C)CC2)CCCCC1.Cc1ccccc1.[Y]. The van der Waals surface area contributed by atoms with Crippen molar-refractivity contribution >= 4 is 11.6 Å². The molecule has 1 aliphatic carbocycles. The van der Waals surface area contributed by atoms with Crippen LogP contribution in [0, 0.1) is 20.8 Å². The van der Waals surface area contributed by atoms with E-state index in [1.54, 1.807) is 0 Å². The third-order valence-electron chi connectivity index (χ3n) is 6.99. The maximum atomic E-state index is 13.1. The molecule has 1 saturated carbocycles. The zero-order valence-electron chi connectivity index (χ0n) is 19.2. The second-order valence-electron chi connectivity index (χ2n) is 8.88. The van der Waals surface area contributed by atoms with Gasteiger partial charge in [0.15, 0.2) is 5.54 Å². The monoisotopic (exact) mass is 482 g/mol. The van der Waals surface area contributed by atoms with Gasteiger partial charge in [-0.3, -0.25) is 4.79 Å². The van der Waals surface area contributed by atoms with Gasteiger partial charge in [0.25, 0.3) is 5.91 Å². The van der Waals surface area contributed by atoms with Crippen LogP contribution in [0.5, 0.6) is 0 Å². The first-order valence-corrected chi connectivity index (χ1v) is 11.2. The Balaban J connectivity index is 0.000000341. The fraction of sp³-hybridized carbons (Fsp3) is 0.500. The normalized spacial score (nSPS) is 18.3. The number of hydrogen-bond acceptors (Lipinski definition) is 1. The summed E-state index contributed by atoms with van der Waals surface area (Å²) in [4.78, 5) is 13.1. The molecule has 0 spiro atoms. The van der Waals surface area contributed by atoms with Crippen LogP contribution >= 0.6 is 0 Å². The van der Waals surface area contributed by atoms with Crippen molar-refractivity contribution in [2.24, 2.45) is 0 Å². The van der Waals surface area contributed by atoms with E-state index in [1.807, 2.05) is 18.2 Å². The van der Waals surface area contributed by atoms with E-state index >= 15 is 0 Å². The first kappa shape index (κ1) is 25.2. The van der Waals surface area contributed by atoms with Gasteiger partial charge in [-0.2, -0.15) is 0 Å². The predicted octanol–water partition coefficient (Wildman–Crippen LogP) is 5.79. The zero-order valence-corrected chi connectivity index (χ0v) is 22.0. The summed E-state index contributed by atoms with van der Waals surface area (Å²) in [5.74, 6) is 0.258. The number of benzene rings is 2. The average molecular weight is 483 g/mol. The molecule has 1 saturated heterocycles. The minimum atomic E-state index is -0.149. The number of anilines is 1. The molecule has 1 amide bonds. The van der Waals surface area contributed by atoms with Crippen LogP contribution in [0.4, 0.5) is 5.69 Å². The second kappa shape index (κ2) is 11.0. The number of aryl methyl sites for hydroxylation is 3. The van der Waals surface area contributed by atoms with E-state index in [2.05, 4.69) is 63.3 Å². The van der Waals surface area contributed by atoms with Gasteiger partial charge >= 0.3 is 0 Å². The molecule has 1 aliphatic heterocycles. The van der Waals surface area contributed by atoms with Crippen molar-refractivity contribution in [3.63, 3.8) is 0 Å². The third kappa shape index (κ3) is 5.41. The molecule has 1 heterocycles. The van der Waals surface area contributed by atoms with E-state index in [9.17, 15) is 4.79 Å². The maximum absolute atomic E-state index is 13.1. The molecule has 2 fully saturated rings. The minimum Gasteiger partial charge on any atom is -0.320 e. The molecular formula is C26H37N2OY+. The summed E-state index contributed by atoms with van der Waals surface area (Å²) >= 11 is 0. The fourth-order valence-electron chi connectivity index (χ4n) is 4.98. The molecule has 4 heteroatoms. The molecule has 2 aliphatic rings. The summed E-state index contributed by atoms with van der Waals surface area (Å²) in [6, 6.07) is 16.5. The van der Waals surface area contributed by atoms with Crippen LogP contribution in [-0.2, 0) is 37.5 Å². The number of carbonyl (C=O) groups is 1. The Labute approximate surface area is 208 Å². The van der Waals surface area contributed by atoms with Gasteiger partial charge in [0, 0.05) is 51.2 Å². The number of rotatable bonds is 4. The third-order valence-corrected chi connectivity index (χ3v) is 6.99. The summed E-state index contributed by atoms with van der Waals surface area (Å²) in [5.41, 5.74) is 4.51. The first-order valence-electron chi connectivity index (χ1n) is 11.2. The maximum Gasteiger partial charge on any atom is 0.285 e. The summed E-state index contributed by atoms with van der Waals surface area (Å²) in [6.07, 6.45) is 5.97. The van der Waals surface area contributed by atoms with E-state index in [4.69, 9.17) is 0 Å². The van der Waals surface area contributed by atoms with Crippen LogP contribution in [-0.4, -0.2) is 35.6 Å². The van der Waals surface area contributed by atoms with Crippen LogP contribution in [0.2, 0.25) is 0 Å². The molecule has 30 heavy (non-hydrogen) atoms. The first-order chi connectivity index (χ1) is 13.9. The Hall–Kier alpha value is -1.03. The second-order valence-corrected chi connectivity index (χ2v) is 8.88. The number of carbonyl (C=O) groups excluding carboxylic acids is 1. The molecule has 1 radical (unpaired) electrons. The summed E-state index contributed by atoms with van der Waals surface area (Å²) in [6.45, 7) is 11.9. The van der Waals surface area contributed by atoms with Gasteiger partial charge in [0.2, 0.25) is 0 Å². The van der Waals surface area contributed by atoms with Crippen molar-refractivity contribution in [2.75, 3.05) is 25.0 Å². The number of nitrogens with one attached hydrogen (secondary N) is 1. The summed E-state index contributed by atoms with van der Waals surface area (Å²) in [7, 11) is 0. The van der Waals surface area contributed by atoms with Gasteiger partial charge in [0.1, 0.15) is 0 Å². The van der Waals surface area contributed by atoms with Gasteiger partial charge in [-0.05, 0) is 58.1 Å². The number of amides is 1. The molecule has 0 aromatic heterocycles. The number of hydrogen-bond donors (Lipinski definition) is 1. The van der Waals surface area contributed by atoms with E-state index in [1.165, 1.54) is 37.9 Å². The van der Waals surface area contributed by atoms with Gasteiger partial charge in [-0.25, -0.2) is 0 Å². The Morgan fingerprint density at radius 1 is 0.900 bits per heavy atom. The van der Waals surface area contributed by atoms with Crippen LogP contribution in [0.25, 0.3) is 0 Å². The van der Waals surface area contributed by atoms with Gasteiger partial charge in [-0.15, -0.1) is 0 Å². The van der Waals surface area contributed by atoms with Crippen LogP contribution in [0.3, 0.4) is 0 Å². The van der Waals surface area contributed by atoms with E-state index in [0.717, 1.165) is 40.7 Å². The van der Waals surface area contributed by atoms with Crippen LogP contribution < -0.4 is 5.32 Å². The smallest absolute Gasteiger partial charge is 0.285 e. The Kier molecular flexibility index (Phi) is 9.27. The summed E-state index contributed by atoms with van der Waals surface area (Å²) < 4.78 is 1.02. The molecule has 2 aromatic carbocycles. The molecule has 4 rings (SSSR count). The van der Waals surface area contributed by atoms with Crippen molar-refractivity contribution in [3.05, 3.63) is 65.2 Å². The molecular weight excluding hydrogens is 445 g/mol. The standard InChI is InChI=1S/C19H28N2O.C7H8.Y/c1-4-21(13-6-5-7-14-21)19(11-12-19)18(22)20-17-15(2)9-8-10-16(17)3;1-7-5-3-2-4-6-7;/h8-10H,4-7,11-14H2,1-3H3;2-6H,1H3;/p+1. The Morgan fingerprint density at radius 3 is 1.90 bits per heavy atom. The van der Waals surface area contributed by atoms with Crippen LogP contribution in [0.15, 0.2) is 48.5 Å². The van der Waals surface area contributed by atoms with Crippen molar-refractivity contribution in [3.8, 4) is 0 Å². The average Bonchev–Trinajstić information content (AvgIpc) is 3.55. The number of nitrogens with zero attached hydrogens (tertiary/aromatic N) is 1. The summed E-state index contributed by atoms with van der Waals surface area (Å²) in [5, 5.41) is 3.28. The number of piperidine rings is 1. The van der Waals surface area contributed by atoms with E-state index in [0.29, 0.717) is 0 Å². The van der Waals surface area contributed by atoms with Crippen LogP contribution in [0.1, 0.15) is 55.7 Å². The van der Waals surface area contributed by atoms with Gasteiger partial charge in [0.05, 0.1) is 19.6 Å². The molecule has 159 valence electrons. The van der Waals surface area contributed by atoms with E-state index in [-0.39, 0.29) is 44.2 Å².